The molecule has 2 fully saturated rings. The number of H-pyrrole nitrogens is 1. The fourth-order valence-electron chi connectivity index (χ4n) is 4.26. The van der Waals surface area contributed by atoms with E-state index < -0.39 is 5.60 Å². The zero-order valence-electron chi connectivity index (χ0n) is 15.4. The Morgan fingerprint density at radius 2 is 2.00 bits per heavy atom. The van der Waals surface area contributed by atoms with E-state index in [-0.39, 0.29) is 5.91 Å². The molecule has 3 heterocycles. The van der Waals surface area contributed by atoms with E-state index in [0.29, 0.717) is 12.5 Å². The van der Waals surface area contributed by atoms with Crippen molar-refractivity contribution in [1.29, 1.82) is 0 Å². The molecule has 0 unspecified atom stereocenters. The van der Waals surface area contributed by atoms with E-state index >= 15 is 0 Å². The maximum atomic E-state index is 12.9. The molecule has 2 aliphatic heterocycles. The SMILES string of the molecule is C[C@]1(C(=O)N2CCC(c3[nH]ncc3-c3ccccc3)CC2)CCCCO1. The van der Waals surface area contributed by atoms with Crippen LogP contribution in [-0.4, -0.2) is 46.3 Å². The molecular weight excluding hydrogens is 326 g/mol. The summed E-state index contributed by atoms with van der Waals surface area (Å²) in [5.74, 6) is 0.584. The average molecular weight is 353 g/mol. The molecule has 2 aliphatic rings. The van der Waals surface area contributed by atoms with Crippen LogP contribution in [0.5, 0.6) is 0 Å². The van der Waals surface area contributed by atoms with Gasteiger partial charge < -0.3 is 9.64 Å². The van der Waals surface area contributed by atoms with Crippen molar-refractivity contribution in [2.45, 2.75) is 50.5 Å². The van der Waals surface area contributed by atoms with Crippen molar-refractivity contribution in [3.8, 4) is 11.1 Å². The summed E-state index contributed by atoms with van der Waals surface area (Å²) >= 11 is 0. The normalized spacial score (nSPS) is 24.6. The number of benzene rings is 1. The van der Waals surface area contributed by atoms with Gasteiger partial charge in [-0.25, -0.2) is 0 Å². The Balaban J connectivity index is 1.43. The predicted molar refractivity (Wildman–Crippen MR) is 101 cm³/mol. The number of likely N-dealkylation sites (tertiary alicyclic amines) is 1. The van der Waals surface area contributed by atoms with Crippen LogP contribution in [0.4, 0.5) is 0 Å². The van der Waals surface area contributed by atoms with Crippen molar-refractivity contribution >= 4 is 5.91 Å². The summed E-state index contributed by atoms with van der Waals surface area (Å²) < 4.78 is 5.85. The highest BCUT2D eigenvalue weighted by Crippen LogP contribution is 2.35. The highest BCUT2D eigenvalue weighted by Gasteiger charge is 2.40. The number of aromatic nitrogens is 2. The minimum Gasteiger partial charge on any atom is -0.365 e. The third kappa shape index (κ3) is 3.28. The smallest absolute Gasteiger partial charge is 0.254 e. The first-order valence-corrected chi connectivity index (χ1v) is 9.69. The summed E-state index contributed by atoms with van der Waals surface area (Å²) in [5.41, 5.74) is 2.95. The number of amides is 1. The number of carbonyl (C=O) groups is 1. The molecule has 0 spiro atoms. The van der Waals surface area contributed by atoms with Gasteiger partial charge in [-0.15, -0.1) is 0 Å². The Morgan fingerprint density at radius 1 is 1.23 bits per heavy atom. The van der Waals surface area contributed by atoms with E-state index in [2.05, 4.69) is 34.5 Å². The molecule has 4 rings (SSSR count). The van der Waals surface area contributed by atoms with Gasteiger partial charge in [-0.05, 0) is 44.6 Å². The average Bonchev–Trinajstić information content (AvgIpc) is 3.19. The summed E-state index contributed by atoms with van der Waals surface area (Å²) in [6, 6.07) is 10.4. The summed E-state index contributed by atoms with van der Waals surface area (Å²) in [5, 5.41) is 7.50. The molecular formula is C21H27N3O2. The molecule has 0 radical (unpaired) electrons. The van der Waals surface area contributed by atoms with Gasteiger partial charge in [0.15, 0.2) is 0 Å². The highest BCUT2D eigenvalue weighted by molar-refractivity contribution is 5.85. The fraction of sp³-hybridized carbons (Fsp3) is 0.524. The third-order valence-corrected chi connectivity index (χ3v) is 5.87. The molecule has 26 heavy (non-hydrogen) atoms. The Hall–Kier alpha value is -2.14. The Bertz CT molecular complexity index is 742. The molecule has 1 amide bonds. The topological polar surface area (TPSA) is 58.2 Å². The molecule has 1 atom stereocenters. The molecule has 1 aromatic carbocycles. The minimum absolute atomic E-state index is 0.170. The number of aromatic amines is 1. The van der Waals surface area contributed by atoms with Crippen LogP contribution in [0, 0.1) is 0 Å². The molecule has 2 aromatic rings. The van der Waals surface area contributed by atoms with Crippen molar-refractivity contribution < 1.29 is 9.53 Å². The first-order valence-electron chi connectivity index (χ1n) is 9.69. The maximum Gasteiger partial charge on any atom is 0.254 e. The van der Waals surface area contributed by atoms with E-state index in [1.165, 1.54) is 16.8 Å². The standard InChI is InChI=1S/C21H27N3O2/c1-21(11-5-6-14-26-21)20(25)24-12-9-17(10-13-24)19-18(15-22-23-19)16-7-3-2-4-8-16/h2-4,7-8,15,17H,5-6,9-14H2,1H3,(H,22,23)/t21-/m1/s1. The number of piperidine rings is 1. The van der Waals surface area contributed by atoms with Gasteiger partial charge in [0.25, 0.3) is 5.91 Å². The Morgan fingerprint density at radius 3 is 2.69 bits per heavy atom. The second-order valence-electron chi connectivity index (χ2n) is 7.67. The maximum absolute atomic E-state index is 12.9. The van der Waals surface area contributed by atoms with Crippen LogP contribution in [0.2, 0.25) is 0 Å². The molecule has 1 aromatic heterocycles. The molecule has 0 aliphatic carbocycles. The lowest BCUT2D eigenvalue weighted by Crippen LogP contribution is -2.52. The molecule has 0 bridgehead atoms. The van der Waals surface area contributed by atoms with E-state index in [0.717, 1.165) is 45.2 Å². The molecule has 1 N–H and O–H groups in total. The Labute approximate surface area is 154 Å². The summed E-state index contributed by atoms with van der Waals surface area (Å²) in [4.78, 5) is 14.9. The lowest BCUT2D eigenvalue weighted by Gasteiger charge is -2.40. The van der Waals surface area contributed by atoms with Crippen LogP contribution < -0.4 is 0 Å². The van der Waals surface area contributed by atoms with Crippen molar-refractivity contribution in [3.05, 3.63) is 42.2 Å². The van der Waals surface area contributed by atoms with Gasteiger partial charge in [0, 0.05) is 36.9 Å². The van der Waals surface area contributed by atoms with Crippen molar-refractivity contribution in [2.75, 3.05) is 19.7 Å². The van der Waals surface area contributed by atoms with Gasteiger partial charge in [0.2, 0.25) is 0 Å². The zero-order chi connectivity index (χ0) is 18.0. The van der Waals surface area contributed by atoms with Gasteiger partial charge in [0.05, 0.1) is 6.20 Å². The summed E-state index contributed by atoms with van der Waals surface area (Å²) in [6.07, 6.45) is 6.82. The van der Waals surface area contributed by atoms with Gasteiger partial charge in [-0.1, -0.05) is 30.3 Å². The lowest BCUT2D eigenvalue weighted by atomic mass is 9.88. The number of ether oxygens (including phenoxy) is 1. The molecule has 5 heteroatoms. The summed E-state index contributed by atoms with van der Waals surface area (Å²) in [7, 11) is 0. The van der Waals surface area contributed by atoms with Gasteiger partial charge in [-0.3, -0.25) is 9.89 Å². The molecule has 138 valence electrons. The van der Waals surface area contributed by atoms with Gasteiger partial charge in [0.1, 0.15) is 5.60 Å². The number of nitrogens with zero attached hydrogens (tertiary/aromatic N) is 2. The number of hydrogen-bond acceptors (Lipinski definition) is 3. The van der Waals surface area contributed by atoms with Crippen LogP contribution in [-0.2, 0) is 9.53 Å². The van der Waals surface area contributed by atoms with E-state index in [1.807, 2.05) is 24.1 Å². The minimum atomic E-state index is -0.617. The van der Waals surface area contributed by atoms with E-state index in [1.54, 1.807) is 0 Å². The van der Waals surface area contributed by atoms with Crippen molar-refractivity contribution in [2.24, 2.45) is 0 Å². The molecule has 0 saturated carbocycles. The highest BCUT2D eigenvalue weighted by atomic mass is 16.5. The van der Waals surface area contributed by atoms with Crippen molar-refractivity contribution in [1.82, 2.24) is 15.1 Å². The number of hydrogen-bond donors (Lipinski definition) is 1. The first-order chi connectivity index (χ1) is 12.7. The van der Waals surface area contributed by atoms with E-state index in [4.69, 9.17) is 4.74 Å². The van der Waals surface area contributed by atoms with Crippen LogP contribution >= 0.6 is 0 Å². The quantitative estimate of drug-likeness (QED) is 0.914. The van der Waals surface area contributed by atoms with Gasteiger partial charge in [-0.2, -0.15) is 5.10 Å². The predicted octanol–water partition coefficient (Wildman–Crippen LogP) is 3.74. The molecule has 2 saturated heterocycles. The summed E-state index contributed by atoms with van der Waals surface area (Å²) in [6.45, 7) is 4.24. The second-order valence-corrected chi connectivity index (χ2v) is 7.67. The van der Waals surface area contributed by atoms with Crippen molar-refractivity contribution in [3.63, 3.8) is 0 Å². The van der Waals surface area contributed by atoms with Crippen LogP contribution in [0.3, 0.4) is 0 Å². The van der Waals surface area contributed by atoms with E-state index in [9.17, 15) is 4.79 Å². The van der Waals surface area contributed by atoms with Gasteiger partial charge >= 0.3 is 0 Å². The first kappa shape index (κ1) is 17.3. The number of rotatable bonds is 3. The fourth-order valence-corrected chi connectivity index (χ4v) is 4.26. The second kappa shape index (κ2) is 7.23. The Kier molecular flexibility index (Phi) is 4.81. The molecule has 5 nitrogen and oxygen atoms in total. The third-order valence-electron chi connectivity index (χ3n) is 5.87. The number of nitrogens with one attached hydrogen (secondary N) is 1. The van der Waals surface area contributed by atoms with Crippen LogP contribution in [0.1, 0.15) is 50.6 Å². The number of carbonyl (C=O) groups excluding carboxylic acids is 1. The van der Waals surface area contributed by atoms with Crippen LogP contribution in [0.25, 0.3) is 11.1 Å². The largest absolute Gasteiger partial charge is 0.365 e. The zero-order valence-corrected chi connectivity index (χ0v) is 15.4. The van der Waals surface area contributed by atoms with Crippen LogP contribution in [0.15, 0.2) is 36.5 Å². The lowest BCUT2D eigenvalue weighted by molar-refractivity contribution is -0.163. The monoisotopic (exact) mass is 353 g/mol.